The highest BCUT2D eigenvalue weighted by molar-refractivity contribution is 6.10. The molecule has 0 atom stereocenters. The second-order valence-electron chi connectivity index (χ2n) is 5.60. The van der Waals surface area contributed by atoms with E-state index in [1.807, 2.05) is 4.90 Å². The van der Waals surface area contributed by atoms with Gasteiger partial charge in [0.25, 0.3) is 5.69 Å². The van der Waals surface area contributed by atoms with Crippen LogP contribution in [0.25, 0.3) is 0 Å². The maximum absolute atomic E-state index is 12.4. The van der Waals surface area contributed by atoms with E-state index in [1.54, 1.807) is 24.4 Å². The first-order valence-corrected chi connectivity index (χ1v) is 7.67. The van der Waals surface area contributed by atoms with Crippen LogP contribution in [0.4, 0.5) is 11.4 Å². The van der Waals surface area contributed by atoms with Gasteiger partial charge < -0.3 is 10.2 Å². The number of nitro groups is 1. The summed E-state index contributed by atoms with van der Waals surface area (Å²) in [7, 11) is 0. The van der Waals surface area contributed by atoms with E-state index in [0.29, 0.717) is 41.6 Å². The van der Waals surface area contributed by atoms with Crippen molar-refractivity contribution in [2.75, 3.05) is 18.4 Å². The molecule has 3 heterocycles. The number of hydrogen-bond acceptors (Lipinski definition) is 7. The van der Waals surface area contributed by atoms with Gasteiger partial charge in [-0.3, -0.25) is 24.9 Å². The molecule has 25 heavy (non-hydrogen) atoms. The van der Waals surface area contributed by atoms with Crippen LogP contribution in [0.3, 0.4) is 0 Å². The molecule has 4 rings (SSSR count). The molecule has 1 N–H and O–H groups in total. The van der Waals surface area contributed by atoms with Gasteiger partial charge in [-0.1, -0.05) is 0 Å². The molecule has 2 aliphatic heterocycles. The van der Waals surface area contributed by atoms with Crippen molar-refractivity contribution in [3.8, 4) is 0 Å². The number of fused-ring (bicyclic) bond motifs is 3. The number of non-ortho nitro benzene ring substituents is 1. The SMILES string of the molecule is O=C(/C=C1\Nc2ccc([N+](=O)[O-])cc2C2=NCCN21)c1cccnc1. The lowest BCUT2D eigenvalue weighted by Crippen LogP contribution is -2.36. The summed E-state index contributed by atoms with van der Waals surface area (Å²) in [6.45, 7) is 1.17. The van der Waals surface area contributed by atoms with Crippen LogP contribution < -0.4 is 5.32 Å². The minimum atomic E-state index is -0.433. The van der Waals surface area contributed by atoms with Crippen molar-refractivity contribution in [1.82, 2.24) is 9.88 Å². The zero-order valence-electron chi connectivity index (χ0n) is 13.0. The number of nitrogens with one attached hydrogen (secondary N) is 1. The fourth-order valence-corrected chi connectivity index (χ4v) is 2.89. The lowest BCUT2D eigenvalue weighted by atomic mass is 10.1. The number of carbonyl (C=O) groups is 1. The lowest BCUT2D eigenvalue weighted by Gasteiger charge is -2.31. The van der Waals surface area contributed by atoms with Gasteiger partial charge in [0.05, 0.1) is 17.2 Å². The van der Waals surface area contributed by atoms with Gasteiger partial charge in [0.1, 0.15) is 11.7 Å². The summed E-state index contributed by atoms with van der Waals surface area (Å²) in [5.41, 5.74) is 1.85. The van der Waals surface area contributed by atoms with Crippen LogP contribution in [0.5, 0.6) is 0 Å². The van der Waals surface area contributed by atoms with Gasteiger partial charge in [-0.25, -0.2) is 0 Å². The lowest BCUT2D eigenvalue weighted by molar-refractivity contribution is -0.384. The van der Waals surface area contributed by atoms with Crippen LogP contribution in [0, 0.1) is 10.1 Å². The first-order chi connectivity index (χ1) is 12.1. The molecule has 0 aliphatic carbocycles. The monoisotopic (exact) mass is 335 g/mol. The maximum Gasteiger partial charge on any atom is 0.270 e. The number of aromatic nitrogens is 1. The molecule has 2 aromatic rings. The Balaban J connectivity index is 1.73. The highest BCUT2D eigenvalue weighted by Gasteiger charge is 2.31. The van der Waals surface area contributed by atoms with Crippen molar-refractivity contribution in [1.29, 1.82) is 0 Å². The largest absolute Gasteiger partial charge is 0.341 e. The number of benzene rings is 1. The zero-order valence-corrected chi connectivity index (χ0v) is 13.0. The number of aliphatic imine (C=N–C) groups is 1. The van der Waals surface area contributed by atoms with E-state index in [2.05, 4.69) is 15.3 Å². The highest BCUT2D eigenvalue weighted by atomic mass is 16.6. The zero-order chi connectivity index (χ0) is 17.4. The number of rotatable bonds is 3. The van der Waals surface area contributed by atoms with E-state index in [4.69, 9.17) is 0 Å². The number of anilines is 1. The Bertz CT molecular complexity index is 937. The summed E-state index contributed by atoms with van der Waals surface area (Å²) < 4.78 is 0. The minimum absolute atomic E-state index is 0.00830. The smallest absolute Gasteiger partial charge is 0.270 e. The molecule has 124 valence electrons. The van der Waals surface area contributed by atoms with Gasteiger partial charge in [0.15, 0.2) is 5.78 Å². The number of hydrogen-bond donors (Lipinski definition) is 1. The average Bonchev–Trinajstić information content (AvgIpc) is 3.12. The van der Waals surface area contributed by atoms with Crippen molar-refractivity contribution in [3.05, 3.63) is 75.9 Å². The summed E-state index contributed by atoms with van der Waals surface area (Å²) in [6.07, 6.45) is 4.62. The Hall–Kier alpha value is -3.55. The molecule has 0 saturated carbocycles. The predicted octanol–water partition coefficient (Wildman–Crippen LogP) is 2.20. The molecular formula is C17H13N5O3. The fraction of sp³-hybridized carbons (Fsp3) is 0.118. The molecule has 1 aromatic heterocycles. The van der Waals surface area contributed by atoms with E-state index in [0.717, 1.165) is 0 Å². The Morgan fingerprint density at radius 3 is 3.00 bits per heavy atom. The number of carbonyl (C=O) groups excluding carboxylic acids is 1. The van der Waals surface area contributed by atoms with E-state index in [9.17, 15) is 14.9 Å². The Morgan fingerprint density at radius 1 is 1.36 bits per heavy atom. The first kappa shape index (κ1) is 15.0. The summed E-state index contributed by atoms with van der Waals surface area (Å²) in [5.74, 6) is 1.07. The molecule has 0 unspecified atom stereocenters. The molecule has 8 heteroatoms. The second kappa shape index (κ2) is 5.82. The fourth-order valence-electron chi connectivity index (χ4n) is 2.89. The predicted molar refractivity (Wildman–Crippen MR) is 91.5 cm³/mol. The van der Waals surface area contributed by atoms with Crippen LogP contribution in [-0.2, 0) is 0 Å². The molecule has 0 amide bonds. The molecule has 0 saturated heterocycles. The van der Waals surface area contributed by atoms with Crippen LogP contribution in [0.15, 0.2) is 59.6 Å². The highest BCUT2D eigenvalue weighted by Crippen LogP contribution is 2.32. The van der Waals surface area contributed by atoms with E-state index >= 15 is 0 Å². The molecule has 8 nitrogen and oxygen atoms in total. The van der Waals surface area contributed by atoms with Gasteiger partial charge in [0.2, 0.25) is 0 Å². The number of nitro benzene ring substituents is 1. The molecule has 0 spiro atoms. The van der Waals surface area contributed by atoms with Gasteiger partial charge in [-0.15, -0.1) is 0 Å². The summed E-state index contributed by atoms with van der Waals surface area (Å²) in [6, 6.07) is 7.97. The number of ketones is 1. The Labute approximate surface area is 142 Å². The van der Waals surface area contributed by atoms with Crippen LogP contribution >= 0.6 is 0 Å². The number of nitrogens with zero attached hydrogens (tertiary/aromatic N) is 4. The molecule has 0 radical (unpaired) electrons. The van der Waals surface area contributed by atoms with Crippen molar-refractivity contribution < 1.29 is 9.72 Å². The van der Waals surface area contributed by atoms with Crippen molar-refractivity contribution in [3.63, 3.8) is 0 Å². The minimum Gasteiger partial charge on any atom is -0.341 e. The molecule has 1 aromatic carbocycles. The van der Waals surface area contributed by atoms with Crippen LogP contribution in [-0.4, -0.2) is 39.5 Å². The van der Waals surface area contributed by atoms with Gasteiger partial charge >= 0.3 is 0 Å². The second-order valence-corrected chi connectivity index (χ2v) is 5.60. The van der Waals surface area contributed by atoms with Crippen molar-refractivity contribution in [2.24, 2.45) is 4.99 Å². The first-order valence-electron chi connectivity index (χ1n) is 7.67. The van der Waals surface area contributed by atoms with E-state index < -0.39 is 4.92 Å². The third-order valence-electron chi connectivity index (χ3n) is 4.06. The number of allylic oxidation sites excluding steroid dienone is 1. The van der Waals surface area contributed by atoms with E-state index in [-0.39, 0.29) is 11.5 Å². The number of pyridine rings is 1. The third-order valence-corrected chi connectivity index (χ3v) is 4.06. The third kappa shape index (κ3) is 2.63. The standard InChI is InChI=1S/C17H13N5O3/c23-15(11-2-1-5-18-10-11)9-16-20-14-4-3-12(22(24)25)8-13(14)17-19-6-7-21(16)17/h1-5,8-10,20H,6-7H2/b16-9+. The van der Waals surface area contributed by atoms with Crippen LogP contribution in [0.2, 0.25) is 0 Å². The summed E-state index contributed by atoms with van der Waals surface area (Å²) in [5, 5.41) is 14.2. The summed E-state index contributed by atoms with van der Waals surface area (Å²) in [4.78, 5) is 33.3. The normalized spacial score (nSPS) is 16.7. The topological polar surface area (TPSA) is 101 Å². The molecule has 0 fully saturated rings. The summed E-state index contributed by atoms with van der Waals surface area (Å²) >= 11 is 0. The van der Waals surface area contributed by atoms with Crippen molar-refractivity contribution in [2.45, 2.75) is 0 Å². The van der Waals surface area contributed by atoms with Crippen molar-refractivity contribution >= 4 is 23.0 Å². The van der Waals surface area contributed by atoms with Crippen LogP contribution in [0.1, 0.15) is 15.9 Å². The van der Waals surface area contributed by atoms with Gasteiger partial charge in [-0.05, 0) is 18.2 Å². The Morgan fingerprint density at radius 2 is 2.24 bits per heavy atom. The maximum atomic E-state index is 12.4. The Kier molecular flexibility index (Phi) is 3.50. The van der Waals surface area contributed by atoms with E-state index in [1.165, 1.54) is 24.4 Å². The van der Waals surface area contributed by atoms with Gasteiger partial charge in [0, 0.05) is 48.3 Å². The molecular weight excluding hydrogens is 322 g/mol. The molecule has 0 bridgehead atoms. The average molecular weight is 335 g/mol. The number of amidine groups is 1. The molecule has 2 aliphatic rings. The van der Waals surface area contributed by atoms with Gasteiger partial charge in [-0.2, -0.15) is 0 Å². The quantitative estimate of drug-likeness (QED) is 0.399.